The van der Waals surface area contributed by atoms with Crippen molar-refractivity contribution in [1.29, 1.82) is 0 Å². The second-order valence-electron chi connectivity index (χ2n) is 5.13. The number of amides is 1. The summed E-state index contributed by atoms with van der Waals surface area (Å²) in [6.07, 6.45) is 4.70. The van der Waals surface area contributed by atoms with Gasteiger partial charge in [-0.15, -0.1) is 0 Å². The molecule has 98 valence electrons. The summed E-state index contributed by atoms with van der Waals surface area (Å²) >= 11 is 1.61. The van der Waals surface area contributed by atoms with Gasteiger partial charge in [-0.05, 0) is 30.9 Å². The van der Waals surface area contributed by atoms with Gasteiger partial charge in [-0.2, -0.15) is 16.9 Å². The number of nitrogens with one attached hydrogen (secondary N) is 1. The minimum absolute atomic E-state index is 0.301. The molecule has 1 atom stereocenters. The second-order valence-corrected chi connectivity index (χ2v) is 6.24. The fraction of sp³-hybridized carbons (Fsp3) is 0.667. The number of thioether (sulfide) groups is 1. The first-order chi connectivity index (χ1) is 8.67. The quantitative estimate of drug-likeness (QED) is 0.857. The van der Waals surface area contributed by atoms with Crippen molar-refractivity contribution in [2.24, 2.45) is 5.92 Å². The molecular weight excluding hydrogens is 250 g/mol. The predicted octanol–water partition coefficient (Wildman–Crippen LogP) is 1.10. The molecule has 2 aliphatic rings. The first kappa shape index (κ1) is 12.0. The fourth-order valence-electron chi connectivity index (χ4n) is 2.10. The molecule has 18 heavy (non-hydrogen) atoms. The molecule has 1 aromatic heterocycles. The fourth-order valence-corrected chi connectivity index (χ4v) is 3.33. The highest BCUT2D eigenvalue weighted by atomic mass is 32.2. The van der Waals surface area contributed by atoms with E-state index < -0.39 is 5.60 Å². The van der Waals surface area contributed by atoms with Crippen LogP contribution in [-0.2, 0) is 11.3 Å². The van der Waals surface area contributed by atoms with Gasteiger partial charge >= 0.3 is 0 Å². The zero-order valence-electron chi connectivity index (χ0n) is 10.1. The number of nitrogens with zero attached hydrogens (tertiary/aromatic N) is 2. The van der Waals surface area contributed by atoms with Crippen LogP contribution in [0, 0.1) is 5.92 Å². The molecule has 0 radical (unpaired) electrons. The number of carbonyl (C=O) groups is 1. The smallest absolute Gasteiger partial charge is 0.258 e. The number of aliphatic hydroxyl groups is 1. The maximum absolute atomic E-state index is 12.1. The molecule has 1 amide bonds. The first-order valence-electron chi connectivity index (χ1n) is 6.31. The van der Waals surface area contributed by atoms with Crippen molar-refractivity contribution < 1.29 is 9.90 Å². The van der Waals surface area contributed by atoms with E-state index in [0.29, 0.717) is 23.9 Å². The standard InChI is InChI=1S/C12H17N3O2S/c16-11(12(17)4-6-18-8-12)14-10-3-5-13-15(10)7-9-1-2-9/h3,5,9,17H,1-2,4,6-8H2,(H,14,16). The molecule has 1 saturated carbocycles. The van der Waals surface area contributed by atoms with Crippen LogP contribution in [0.3, 0.4) is 0 Å². The monoisotopic (exact) mass is 267 g/mol. The van der Waals surface area contributed by atoms with Crippen LogP contribution >= 0.6 is 11.8 Å². The number of anilines is 1. The van der Waals surface area contributed by atoms with Crippen molar-refractivity contribution >= 4 is 23.5 Å². The van der Waals surface area contributed by atoms with E-state index >= 15 is 0 Å². The first-order valence-corrected chi connectivity index (χ1v) is 7.46. The third-order valence-electron chi connectivity index (χ3n) is 3.51. The van der Waals surface area contributed by atoms with Crippen LogP contribution in [-0.4, -0.2) is 37.9 Å². The van der Waals surface area contributed by atoms with Gasteiger partial charge in [-0.25, -0.2) is 4.68 Å². The van der Waals surface area contributed by atoms with Crippen molar-refractivity contribution in [3.05, 3.63) is 12.3 Å². The van der Waals surface area contributed by atoms with Crippen LogP contribution in [0.15, 0.2) is 12.3 Å². The van der Waals surface area contributed by atoms with E-state index in [-0.39, 0.29) is 5.91 Å². The Hall–Kier alpha value is -1.01. The highest BCUT2D eigenvalue weighted by molar-refractivity contribution is 7.99. The molecule has 1 aliphatic carbocycles. The highest BCUT2D eigenvalue weighted by Gasteiger charge is 2.39. The van der Waals surface area contributed by atoms with E-state index in [1.165, 1.54) is 12.8 Å². The van der Waals surface area contributed by atoms with E-state index in [9.17, 15) is 9.90 Å². The molecule has 5 nitrogen and oxygen atoms in total. The van der Waals surface area contributed by atoms with Crippen LogP contribution in [0.25, 0.3) is 0 Å². The van der Waals surface area contributed by atoms with E-state index in [0.717, 1.165) is 12.3 Å². The molecule has 1 unspecified atom stereocenters. The van der Waals surface area contributed by atoms with E-state index in [4.69, 9.17) is 0 Å². The molecule has 1 aliphatic heterocycles. The van der Waals surface area contributed by atoms with E-state index in [1.807, 2.05) is 4.68 Å². The zero-order valence-corrected chi connectivity index (χ0v) is 10.9. The lowest BCUT2D eigenvalue weighted by molar-refractivity contribution is -0.131. The molecule has 1 saturated heterocycles. The number of carbonyl (C=O) groups excluding carboxylic acids is 1. The molecular formula is C12H17N3O2S. The van der Waals surface area contributed by atoms with Crippen molar-refractivity contribution in [3.8, 4) is 0 Å². The molecule has 1 aromatic rings. The predicted molar refractivity (Wildman–Crippen MR) is 70.5 cm³/mol. The van der Waals surface area contributed by atoms with Crippen molar-refractivity contribution in [1.82, 2.24) is 9.78 Å². The number of hydrogen-bond acceptors (Lipinski definition) is 4. The Morgan fingerprint density at radius 2 is 2.50 bits per heavy atom. The molecule has 3 rings (SSSR count). The van der Waals surface area contributed by atoms with Crippen molar-refractivity contribution in [2.75, 3.05) is 16.8 Å². The normalized spacial score (nSPS) is 27.4. The minimum atomic E-state index is -1.21. The van der Waals surface area contributed by atoms with Gasteiger partial charge in [0.05, 0.1) is 6.20 Å². The lowest BCUT2D eigenvalue weighted by atomic mass is 10.0. The Morgan fingerprint density at radius 1 is 1.67 bits per heavy atom. The average Bonchev–Trinajstić information content (AvgIpc) is 2.87. The molecule has 2 N–H and O–H groups in total. The molecule has 0 aromatic carbocycles. The van der Waals surface area contributed by atoms with E-state index in [2.05, 4.69) is 10.4 Å². The lowest BCUT2D eigenvalue weighted by Crippen LogP contribution is -2.43. The van der Waals surface area contributed by atoms with Crippen molar-refractivity contribution in [3.63, 3.8) is 0 Å². The summed E-state index contributed by atoms with van der Waals surface area (Å²) in [6.45, 7) is 0.857. The summed E-state index contributed by atoms with van der Waals surface area (Å²) in [7, 11) is 0. The molecule has 0 spiro atoms. The summed E-state index contributed by atoms with van der Waals surface area (Å²) in [5.41, 5.74) is -1.21. The van der Waals surface area contributed by atoms with Gasteiger partial charge in [-0.1, -0.05) is 0 Å². The number of aromatic nitrogens is 2. The highest BCUT2D eigenvalue weighted by Crippen LogP contribution is 2.32. The summed E-state index contributed by atoms with van der Waals surface area (Å²) in [4.78, 5) is 12.1. The molecule has 0 bridgehead atoms. The Balaban J connectivity index is 1.68. The largest absolute Gasteiger partial charge is 0.379 e. The van der Waals surface area contributed by atoms with Gasteiger partial charge in [0.1, 0.15) is 5.82 Å². The maximum Gasteiger partial charge on any atom is 0.258 e. The van der Waals surface area contributed by atoms with Crippen LogP contribution < -0.4 is 5.32 Å². The Morgan fingerprint density at radius 3 is 3.17 bits per heavy atom. The SMILES string of the molecule is O=C(Nc1ccnn1CC1CC1)C1(O)CCSC1. The molecule has 2 heterocycles. The minimum Gasteiger partial charge on any atom is -0.379 e. The Labute approximate surface area is 110 Å². The zero-order chi connectivity index (χ0) is 12.6. The average molecular weight is 267 g/mol. The van der Waals surface area contributed by atoms with Crippen molar-refractivity contribution in [2.45, 2.75) is 31.4 Å². The summed E-state index contributed by atoms with van der Waals surface area (Å²) < 4.78 is 1.82. The lowest BCUT2D eigenvalue weighted by Gasteiger charge is -2.20. The molecule has 6 heteroatoms. The Kier molecular flexibility index (Phi) is 3.07. The van der Waals surface area contributed by atoms with Gasteiger partial charge in [0, 0.05) is 18.4 Å². The van der Waals surface area contributed by atoms with Gasteiger partial charge in [0.2, 0.25) is 0 Å². The van der Waals surface area contributed by atoms with Crippen LogP contribution in [0.1, 0.15) is 19.3 Å². The maximum atomic E-state index is 12.1. The van der Waals surface area contributed by atoms with Crippen LogP contribution in [0.5, 0.6) is 0 Å². The van der Waals surface area contributed by atoms with E-state index in [1.54, 1.807) is 24.0 Å². The Bertz CT molecular complexity index is 450. The summed E-state index contributed by atoms with van der Waals surface area (Å²) in [6, 6.07) is 1.78. The molecule has 2 fully saturated rings. The summed E-state index contributed by atoms with van der Waals surface area (Å²) in [5, 5.41) is 17.2. The van der Waals surface area contributed by atoms with Gasteiger partial charge in [0.25, 0.3) is 5.91 Å². The third kappa shape index (κ3) is 2.40. The van der Waals surface area contributed by atoms with Gasteiger partial charge in [0.15, 0.2) is 5.60 Å². The topological polar surface area (TPSA) is 67.2 Å². The third-order valence-corrected chi connectivity index (χ3v) is 4.68. The summed E-state index contributed by atoms with van der Waals surface area (Å²) in [5.74, 6) is 2.41. The van der Waals surface area contributed by atoms with Gasteiger partial charge < -0.3 is 10.4 Å². The van der Waals surface area contributed by atoms with Crippen LogP contribution in [0.4, 0.5) is 5.82 Å². The van der Waals surface area contributed by atoms with Crippen LogP contribution in [0.2, 0.25) is 0 Å². The number of hydrogen-bond donors (Lipinski definition) is 2. The number of rotatable bonds is 4. The second kappa shape index (κ2) is 4.59. The van der Waals surface area contributed by atoms with Gasteiger partial charge in [-0.3, -0.25) is 4.79 Å².